The molecule has 0 unspecified atom stereocenters. The zero-order valence-electron chi connectivity index (χ0n) is 13.5. The van der Waals surface area contributed by atoms with Crippen LogP contribution in [0.25, 0.3) is 6.08 Å². The largest absolute Gasteiger partial charge is 0.480 e. The molecule has 0 saturated heterocycles. The Kier molecular flexibility index (Phi) is 7.42. The van der Waals surface area contributed by atoms with Crippen molar-refractivity contribution in [1.29, 1.82) is 5.26 Å². The molecule has 0 spiro atoms. The van der Waals surface area contributed by atoms with Crippen LogP contribution in [0.3, 0.4) is 0 Å². The number of hydrogen-bond acceptors (Lipinski definition) is 4. The van der Waals surface area contributed by atoms with Crippen molar-refractivity contribution in [2.75, 3.05) is 11.9 Å². The SMILES string of the molecule is N#C/C(=C\c1cc(Br)c(OCC(=O)O)c(Br)c1)C(=O)Nc1ccccc1Cl. The number of anilines is 1. The second-order valence-electron chi connectivity index (χ2n) is 5.10. The highest BCUT2D eigenvalue weighted by Gasteiger charge is 2.14. The molecule has 2 rings (SSSR count). The predicted octanol–water partition coefficient (Wildman–Crippen LogP) is 4.87. The highest BCUT2D eigenvalue weighted by molar-refractivity contribution is 9.11. The number of nitriles is 1. The lowest BCUT2D eigenvalue weighted by Crippen LogP contribution is -2.13. The Hall–Kier alpha value is -2.34. The van der Waals surface area contributed by atoms with E-state index >= 15 is 0 Å². The van der Waals surface area contributed by atoms with Crippen LogP contribution >= 0.6 is 43.5 Å². The predicted molar refractivity (Wildman–Crippen MR) is 109 cm³/mol. The van der Waals surface area contributed by atoms with Crippen LogP contribution in [0, 0.1) is 11.3 Å². The molecule has 0 aliphatic carbocycles. The molecule has 0 radical (unpaired) electrons. The first-order chi connectivity index (χ1) is 12.8. The lowest BCUT2D eigenvalue weighted by Gasteiger charge is -2.10. The summed E-state index contributed by atoms with van der Waals surface area (Å²) in [4.78, 5) is 23.0. The summed E-state index contributed by atoms with van der Waals surface area (Å²) < 4.78 is 6.11. The summed E-state index contributed by atoms with van der Waals surface area (Å²) in [5.41, 5.74) is 0.792. The highest BCUT2D eigenvalue weighted by Crippen LogP contribution is 2.35. The second kappa shape index (κ2) is 9.55. The number of carboxylic acids is 1. The van der Waals surface area contributed by atoms with Crippen LogP contribution in [0.15, 0.2) is 50.9 Å². The van der Waals surface area contributed by atoms with Crippen molar-refractivity contribution in [3.63, 3.8) is 0 Å². The van der Waals surface area contributed by atoms with Crippen molar-refractivity contribution in [3.05, 3.63) is 61.5 Å². The molecule has 2 N–H and O–H groups in total. The molecule has 2 aromatic rings. The molecule has 0 bridgehead atoms. The first-order valence-electron chi connectivity index (χ1n) is 7.33. The Bertz CT molecular complexity index is 947. The molecule has 0 aromatic heterocycles. The number of nitrogens with one attached hydrogen (secondary N) is 1. The van der Waals surface area contributed by atoms with Crippen LogP contribution < -0.4 is 10.1 Å². The molecule has 9 heteroatoms. The molecule has 2 aromatic carbocycles. The smallest absolute Gasteiger partial charge is 0.341 e. The molecule has 0 aliphatic rings. The summed E-state index contributed by atoms with van der Waals surface area (Å²) in [6, 6.07) is 11.7. The molecule has 1 amide bonds. The fourth-order valence-electron chi connectivity index (χ4n) is 2.00. The summed E-state index contributed by atoms with van der Waals surface area (Å²) in [6.45, 7) is -0.504. The van der Waals surface area contributed by atoms with Gasteiger partial charge in [0.2, 0.25) is 0 Å². The number of nitrogens with zero attached hydrogens (tertiary/aromatic N) is 1. The number of carboxylic acid groups (broad SMARTS) is 1. The van der Waals surface area contributed by atoms with Gasteiger partial charge in [-0.25, -0.2) is 4.79 Å². The first-order valence-corrected chi connectivity index (χ1v) is 9.29. The van der Waals surface area contributed by atoms with Gasteiger partial charge in [-0.05, 0) is 67.8 Å². The number of carbonyl (C=O) groups excluding carboxylic acids is 1. The van der Waals surface area contributed by atoms with Crippen LogP contribution in [0.4, 0.5) is 5.69 Å². The zero-order valence-corrected chi connectivity index (χ0v) is 17.4. The Balaban J connectivity index is 2.27. The van der Waals surface area contributed by atoms with Crippen molar-refractivity contribution >= 4 is 67.1 Å². The van der Waals surface area contributed by atoms with E-state index in [0.29, 0.717) is 31.0 Å². The van der Waals surface area contributed by atoms with Gasteiger partial charge >= 0.3 is 5.97 Å². The fraction of sp³-hybridized carbons (Fsp3) is 0.0556. The fourth-order valence-corrected chi connectivity index (χ4v) is 3.64. The molecule has 6 nitrogen and oxygen atoms in total. The van der Waals surface area contributed by atoms with Gasteiger partial charge in [-0.15, -0.1) is 0 Å². The van der Waals surface area contributed by atoms with Crippen molar-refractivity contribution in [2.24, 2.45) is 0 Å². The molecule has 0 fully saturated rings. The van der Waals surface area contributed by atoms with E-state index in [9.17, 15) is 14.9 Å². The lowest BCUT2D eigenvalue weighted by molar-refractivity contribution is -0.139. The third-order valence-electron chi connectivity index (χ3n) is 3.16. The van der Waals surface area contributed by atoms with Crippen LogP contribution in [-0.2, 0) is 9.59 Å². The lowest BCUT2D eigenvalue weighted by atomic mass is 10.1. The Labute approximate surface area is 176 Å². The summed E-state index contributed by atoms with van der Waals surface area (Å²) in [5, 5.41) is 21.0. The standard InChI is InChI=1S/C18H11Br2ClN2O4/c19-12-6-10(7-13(20)17(12)27-9-16(24)25)5-11(8-22)18(26)23-15-4-2-1-3-14(15)21/h1-7H,9H2,(H,23,26)(H,24,25)/b11-5+. The zero-order chi connectivity index (χ0) is 20.0. The quantitative estimate of drug-likeness (QED) is 0.423. The van der Waals surface area contributed by atoms with Crippen LogP contribution in [0.5, 0.6) is 5.75 Å². The molecule has 0 heterocycles. The number of para-hydroxylation sites is 1. The van der Waals surface area contributed by atoms with Gasteiger partial charge in [0.05, 0.1) is 19.7 Å². The van der Waals surface area contributed by atoms with Gasteiger partial charge in [0.1, 0.15) is 17.4 Å². The number of ether oxygens (including phenoxy) is 1. The number of carbonyl (C=O) groups is 2. The van der Waals surface area contributed by atoms with Gasteiger partial charge in [0, 0.05) is 0 Å². The minimum Gasteiger partial charge on any atom is -0.480 e. The Morgan fingerprint density at radius 3 is 2.44 bits per heavy atom. The monoisotopic (exact) mass is 512 g/mol. The van der Waals surface area contributed by atoms with Crippen LogP contribution in [0.2, 0.25) is 5.02 Å². The molecule has 138 valence electrons. The van der Waals surface area contributed by atoms with Crippen molar-refractivity contribution in [1.82, 2.24) is 0 Å². The van der Waals surface area contributed by atoms with E-state index in [-0.39, 0.29) is 5.57 Å². The molecular weight excluding hydrogens is 503 g/mol. The van der Waals surface area contributed by atoms with E-state index in [2.05, 4.69) is 37.2 Å². The van der Waals surface area contributed by atoms with E-state index in [0.717, 1.165) is 0 Å². The third-order valence-corrected chi connectivity index (χ3v) is 4.67. The van der Waals surface area contributed by atoms with Gasteiger partial charge < -0.3 is 15.2 Å². The summed E-state index contributed by atoms with van der Waals surface area (Å²) in [7, 11) is 0. The van der Waals surface area contributed by atoms with Crippen molar-refractivity contribution < 1.29 is 19.4 Å². The Morgan fingerprint density at radius 1 is 1.26 bits per heavy atom. The van der Waals surface area contributed by atoms with Gasteiger partial charge in [0.15, 0.2) is 6.61 Å². The van der Waals surface area contributed by atoms with E-state index in [1.165, 1.54) is 6.08 Å². The minimum absolute atomic E-state index is 0.132. The molecular formula is C18H11Br2ClN2O4. The number of benzene rings is 2. The number of halogens is 3. The molecule has 27 heavy (non-hydrogen) atoms. The van der Waals surface area contributed by atoms with Crippen LogP contribution in [-0.4, -0.2) is 23.6 Å². The number of hydrogen-bond donors (Lipinski definition) is 2. The topological polar surface area (TPSA) is 99.4 Å². The third kappa shape index (κ3) is 5.82. The van der Waals surface area contributed by atoms with Crippen molar-refractivity contribution in [2.45, 2.75) is 0 Å². The Morgan fingerprint density at radius 2 is 1.89 bits per heavy atom. The average molecular weight is 515 g/mol. The van der Waals surface area contributed by atoms with Crippen molar-refractivity contribution in [3.8, 4) is 11.8 Å². The van der Waals surface area contributed by atoms with Gasteiger partial charge in [0.25, 0.3) is 5.91 Å². The summed E-state index contributed by atoms with van der Waals surface area (Å²) >= 11 is 12.6. The first kappa shape index (κ1) is 21.0. The van der Waals surface area contributed by atoms with E-state index in [1.807, 2.05) is 6.07 Å². The van der Waals surface area contributed by atoms with Gasteiger partial charge in [-0.3, -0.25) is 4.79 Å². The minimum atomic E-state index is -1.11. The highest BCUT2D eigenvalue weighted by atomic mass is 79.9. The number of rotatable bonds is 6. The maximum atomic E-state index is 12.3. The molecule has 0 saturated carbocycles. The normalized spacial score (nSPS) is 10.8. The summed E-state index contributed by atoms with van der Waals surface area (Å²) in [5.74, 6) is -1.42. The summed E-state index contributed by atoms with van der Waals surface area (Å²) in [6.07, 6.45) is 1.39. The molecule has 0 atom stereocenters. The van der Waals surface area contributed by atoms with Crippen LogP contribution in [0.1, 0.15) is 5.56 Å². The van der Waals surface area contributed by atoms with Gasteiger partial charge in [-0.1, -0.05) is 23.7 Å². The van der Waals surface area contributed by atoms with Gasteiger partial charge in [-0.2, -0.15) is 5.26 Å². The number of aliphatic carboxylic acids is 1. The van der Waals surface area contributed by atoms with E-state index in [4.69, 9.17) is 21.4 Å². The maximum absolute atomic E-state index is 12.3. The average Bonchev–Trinajstić information content (AvgIpc) is 2.60. The van der Waals surface area contributed by atoms with E-state index < -0.39 is 18.5 Å². The van der Waals surface area contributed by atoms with E-state index in [1.54, 1.807) is 36.4 Å². The maximum Gasteiger partial charge on any atom is 0.341 e. The second-order valence-corrected chi connectivity index (χ2v) is 7.22. The molecule has 0 aliphatic heterocycles. The number of amides is 1.